The highest BCUT2D eigenvalue weighted by Gasteiger charge is 2.38. The van der Waals surface area contributed by atoms with Crippen molar-refractivity contribution in [1.82, 2.24) is 0 Å². The van der Waals surface area contributed by atoms with E-state index in [1.807, 2.05) is 0 Å². The van der Waals surface area contributed by atoms with Crippen molar-refractivity contribution in [3.63, 3.8) is 0 Å². The number of alkyl halides is 2. The molecular weight excluding hydrogens is 160 g/mol. The first-order valence-electron chi connectivity index (χ1n) is 4.63. The molecule has 1 rings (SSSR count). The Bertz CT molecular complexity index is 138. The summed E-state index contributed by atoms with van der Waals surface area (Å²) in [5.74, 6) is 0. The number of hydrogen-bond acceptors (Lipinski definition) is 1. The second-order valence-electron chi connectivity index (χ2n) is 3.91. The van der Waals surface area contributed by atoms with Gasteiger partial charge in [0, 0.05) is 0 Å². The number of hydrogen-bond donors (Lipinski definition) is 1. The van der Waals surface area contributed by atoms with Crippen LogP contribution in [0.15, 0.2) is 0 Å². The maximum absolute atomic E-state index is 12.1. The molecule has 3 heteroatoms. The molecule has 0 amide bonds. The molecule has 0 bridgehead atoms. The summed E-state index contributed by atoms with van der Waals surface area (Å²) in [6.07, 6.45) is 2.50. The lowest BCUT2D eigenvalue weighted by molar-refractivity contribution is 0.0452. The van der Waals surface area contributed by atoms with Gasteiger partial charge in [0.05, 0.1) is 6.04 Å². The van der Waals surface area contributed by atoms with Gasteiger partial charge in [-0.05, 0) is 24.7 Å². The standard InChI is InChI=1S/C9H17F2N/c1-2-9(4-3-5-9)6-7(12)8(10)11/h7-8H,2-6,12H2,1H3. The first-order chi connectivity index (χ1) is 5.59. The summed E-state index contributed by atoms with van der Waals surface area (Å²) >= 11 is 0. The third kappa shape index (κ3) is 1.94. The molecule has 0 saturated heterocycles. The Kier molecular flexibility index (Phi) is 3.04. The molecule has 1 nitrogen and oxygen atoms in total. The van der Waals surface area contributed by atoms with Crippen molar-refractivity contribution in [2.75, 3.05) is 0 Å². The summed E-state index contributed by atoms with van der Waals surface area (Å²) in [5, 5.41) is 0. The van der Waals surface area contributed by atoms with Gasteiger partial charge in [-0.15, -0.1) is 0 Å². The van der Waals surface area contributed by atoms with E-state index >= 15 is 0 Å². The van der Waals surface area contributed by atoms with E-state index in [1.165, 1.54) is 6.42 Å². The van der Waals surface area contributed by atoms with Crippen molar-refractivity contribution in [1.29, 1.82) is 0 Å². The summed E-state index contributed by atoms with van der Waals surface area (Å²) in [6, 6.07) is -0.912. The van der Waals surface area contributed by atoms with Crippen molar-refractivity contribution in [3.8, 4) is 0 Å². The van der Waals surface area contributed by atoms with Crippen LogP contribution in [0.2, 0.25) is 0 Å². The lowest BCUT2D eigenvalue weighted by atomic mass is 9.64. The second kappa shape index (κ2) is 3.69. The monoisotopic (exact) mass is 177 g/mol. The predicted octanol–water partition coefficient (Wildman–Crippen LogP) is 2.55. The Balaban J connectivity index is 2.37. The van der Waals surface area contributed by atoms with Crippen LogP contribution in [0.4, 0.5) is 8.78 Å². The molecule has 1 fully saturated rings. The molecule has 0 radical (unpaired) electrons. The maximum Gasteiger partial charge on any atom is 0.253 e. The lowest BCUT2D eigenvalue weighted by Gasteiger charge is -2.42. The minimum absolute atomic E-state index is 0.163. The van der Waals surface area contributed by atoms with Gasteiger partial charge in [-0.1, -0.05) is 19.8 Å². The molecule has 12 heavy (non-hydrogen) atoms. The van der Waals surface area contributed by atoms with Crippen molar-refractivity contribution in [3.05, 3.63) is 0 Å². The van der Waals surface area contributed by atoms with Gasteiger partial charge in [0.2, 0.25) is 0 Å². The molecule has 0 aromatic heterocycles. The largest absolute Gasteiger partial charge is 0.323 e. The number of rotatable bonds is 4. The molecule has 1 aliphatic carbocycles. The zero-order chi connectivity index (χ0) is 9.19. The normalized spacial score (nSPS) is 23.8. The Hall–Kier alpha value is -0.180. The molecule has 1 unspecified atom stereocenters. The van der Waals surface area contributed by atoms with Crippen LogP contribution in [-0.2, 0) is 0 Å². The minimum Gasteiger partial charge on any atom is -0.323 e. The topological polar surface area (TPSA) is 26.0 Å². The van der Waals surface area contributed by atoms with E-state index in [0.29, 0.717) is 6.42 Å². The van der Waals surface area contributed by atoms with E-state index in [-0.39, 0.29) is 5.41 Å². The van der Waals surface area contributed by atoms with E-state index in [0.717, 1.165) is 19.3 Å². The molecule has 0 aromatic carbocycles. The van der Waals surface area contributed by atoms with Gasteiger partial charge in [0.15, 0.2) is 0 Å². The van der Waals surface area contributed by atoms with E-state index in [2.05, 4.69) is 6.92 Å². The fourth-order valence-electron chi connectivity index (χ4n) is 1.97. The molecule has 0 spiro atoms. The summed E-state index contributed by atoms with van der Waals surface area (Å²) in [6.45, 7) is 2.07. The van der Waals surface area contributed by atoms with Crippen LogP contribution in [0.1, 0.15) is 39.0 Å². The summed E-state index contributed by atoms with van der Waals surface area (Å²) in [7, 11) is 0. The molecule has 0 heterocycles. The molecule has 2 N–H and O–H groups in total. The Morgan fingerprint density at radius 3 is 2.25 bits per heavy atom. The molecule has 0 aliphatic heterocycles. The molecule has 1 atom stereocenters. The summed E-state index contributed by atoms with van der Waals surface area (Å²) < 4.78 is 24.3. The van der Waals surface area contributed by atoms with Gasteiger partial charge >= 0.3 is 0 Å². The second-order valence-corrected chi connectivity index (χ2v) is 3.91. The highest BCUT2D eigenvalue weighted by molar-refractivity contribution is 4.89. The van der Waals surface area contributed by atoms with Crippen molar-refractivity contribution in [2.24, 2.45) is 11.1 Å². The van der Waals surface area contributed by atoms with E-state index in [4.69, 9.17) is 5.73 Å². The van der Waals surface area contributed by atoms with Gasteiger partial charge in [-0.2, -0.15) is 0 Å². The SMILES string of the molecule is CCC1(CC(N)C(F)F)CCC1. The van der Waals surface area contributed by atoms with E-state index < -0.39 is 12.5 Å². The van der Waals surface area contributed by atoms with Crippen LogP contribution in [-0.4, -0.2) is 12.5 Å². The molecule has 0 aromatic rings. The summed E-state index contributed by atoms with van der Waals surface area (Å²) in [4.78, 5) is 0. The highest BCUT2D eigenvalue weighted by atomic mass is 19.3. The van der Waals surface area contributed by atoms with Crippen LogP contribution in [0, 0.1) is 5.41 Å². The number of halogens is 2. The maximum atomic E-state index is 12.1. The average Bonchev–Trinajstić information content (AvgIpc) is 1.96. The van der Waals surface area contributed by atoms with Gasteiger partial charge in [0.25, 0.3) is 6.43 Å². The minimum atomic E-state index is -2.35. The molecule has 72 valence electrons. The van der Waals surface area contributed by atoms with E-state index in [1.54, 1.807) is 0 Å². The van der Waals surface area contributed by atoms with Crippen LogP contribution in [0.3, 0.4) is 0 Å². The van der Waals surface area contributed by atoms with Crippen LogP contribution in [0.25, 0.3) is 0 Å². The lowest BCUT2D eigenvalue weighted by Crippen LogP contribution is -2.39. The average molecular weight is 177 g/mol. The Labute approximate surface area is 72.3 Å². The molecule has 1 aliphatic rings. The molecule has 1 saturated carbocycles. The van der Waals surface area contributed by atoms with Gasteiger partial charge in [-0.25, -0.2) is 8.78 Å². The summed E-state index contributed by atoms with van der Waals surface area (Å²) in [5.41, 5.74) is 5.50. The van der Waals surface area contributed by atoms with Crippen molar-refractivity contribution < 1.29 is 8.78 Å². The fraction of sp³-hybridized carbons (Fsp3) is 1.00. The number of nitrogens with two attached hydrogens (primary N) is 1. The highest BCUT2D eigenvalue weighted by Crippen LogP contribution is 2.47. The van der Waals surface area contributed by atoms with E-state index in [9.17, 15) is 8.78 Å². The molecular formula is C9H17F2N. The van der Waals surface area contributed by atoms with Gasteiger partial charge in [-0.3, -0.25) is 0 Å². The Morgan fingerprint density at radius 2 is 2.00 bits per heavy atom. The van der Waals surface area contributed by atoms with Gasteiger partial charge in [0.1, 0.15) is 0 Å². The van der Waals surface area contributed by atoms with Crippen LogP contribution < -0.4 is 5.73 Å². The quantitative estimate of drug-likeness (QED) is 0.701. The first-order valence-corrected chi connectivity index (χ1v) is 4.63. The Morgan fingerprint density at radius 1 is 1.42 bits per heavy atom. The zero-order valence-corrected chi connectivity index (χ0v) is 7.52. The van der Waals surface area contributed by atoms with Gasteiger partial charge < -0.3 is 5.73 Å². The predicted molar refractivity (Wildman–Crippen MR) is 45.2 cm³/mol. The van der Waals surface area contributed by atoms with Crippen LogP contribution >= 0.6 is 0 Å². The first kappa shape index (κ1) is 9.90. The van der Waals surface area contributed by atoms with Crippen LogP contribution in [0.5, 0.6) is 0 Å². The smallest absolute Gasteiger partial charge is 0.253 e. The fourth-order valence-corrected chi connectivity index (χ4v) is 1.97. The van der Waals surface area contributed by atoms with Crippen molar-refractivity contribution in [2.45, 2.75) is 51.5 Å². The third-order valence-electron chi connectivity index (χ3n) is 3.16. The van der Waals surface area contributed by atoms with Crippen molar-refractivity contribution >= 4 is 0 Å². The third-order valence-corrected chi connectivity index (χ3v) is 3.16. The zero-order valence-electron chi connectivity index (χ0n) is 7.52.